The zero-order chi connectivity index (χ0) is 11.7. The summed E-state index contributed by atoms with van der Waals surface area (Å²) in [5, 5.41) is 2.41. The van der Waals surface area contributed by atoms with Crippen LogP contribution >= 0.6 is 55.1 Å². The molecular weight excluding hydrogens is 379 g/mol. The highest BCUT2D eigenvalue weighted by atomic mass is 79.9. The number of hydrogen-bond acceptors (Lipinski definition) is 2. The maximum atomic E-state index is 6.07. The van der Waals surface area contributed by atoms with Crippen molar-refractivity contribution in [3.63, 3.8) is 0 Å². The number of nitrogens with zero attached hydrogens (tertiary/aromatic N) is 2. The van der Waals surface area contributed by atoms with E-state index in [1.807, 2.05) is 0 Å². The summed E-state index contributed by atoms with van der Waals surface area (Å²) in [6, 6.07) is 3.46. The average molecular weight is 385 g/mol. The van der Waals surface area contributed by atoms with Crippen molar-refractivity contribution >= 4 is 66.1 Å². The molecule has 0 saturated carbocycles. The van der Waals surface area contributed by atoms with Gasteiger partial charge >= 0.3 is 0 Å². The van der Waals surface area contributed by atoms with Gasteiger partial charge in [0.05, 0.1) is 21.4 Å². The standard InChI is InChI=1S/C10H6Br2Cl2N2/c11-3-7-8(4-12)16-10-6(14)2-1-5(13)9(10)15-7/h1-2H,3-4H2. The first kappa shape index (κ1) is 12.6. The minimum Gasteiger partial charge on any atom is -0.247 e. The first-order valence-electron chi connectivity index (χ1n) is 4.42. The lowest BCUT2D eigenvalue weighted by Gasteiger charge is -2.07. The topological polar surface area (TPSA) is 25.8 Å². The highest BCUT2D eigenvalue weighted by Gasteiger charge is 2.11. The van der Waals surface area contributed by atoms with Gasteiger partial charge in [0.25, 0.3) is 0 Å². The molecule has 0 aliphatic carbocycles. The molecule has 84 valence electrons. The summed E-state index contributed by atoms with van der Waals surface area (Å²) >= 11 is 18.9. The van der Waals surface area contributed by atoms with E-state index in [0.29, 0.717) is 31.7 Å². The quantitative estimate of drug-likeness (QED) is 0.700. The molecule has 2 nitrogen and oxygen atoms in total. The van der Waals surface area contributed by atoms with Crippen LogP contribution in [0.4, 0.5) is 0 Å². The largest absolute Gasteiger partial charge is 0.247 e. The van der Waals surface area contributed by atoms with Crippen LogP contribution in [0.1, 0.15) is 11.4 Å². The Balaban J connectivity index is 2.82. The number of rotatable bonds is 2. The van der Waals surface area contributed by atoms with Crippen LogP contribution in [0.15, 0.2) is 12.1 Å². The Hall–Kier alpha value is 0.1000. The monoisotopic (exact) mass is 382 g/mol. The second-order valence-corrected chi connectivity index (χ2v) is 5.05. The Bertz CT molecular complexity index is 497. The number of hydrogen-bond donors (Lipinski definition) is 0. The van der Waals surface area contributed by atoms with Crippen LogP contribution < -0.4 is 0 Å². The zero-order valence-corrected chi connectivity index (χ0v) is 12.7. The van der Waals surface area contributed by atoms with E-state index in [2.05, 4.69) is 41.8 Å². The van der Waals surface area contributed by atoms with Crippen molar-refractivity contribution in [1.29, 1.82) is 0 Å². The normalized spacial score (nSPS) is 11.0. The van der Waals surface area contributed by atoms with E-state index < -0.39 is 0 Å². The van der Waals surface area contributed by atoms with Crippen molar-refractivity contribution in [2.75, 3.05) is 0 Å². The van der Waals surface area contributed by atoms with Gasteiger partial charge in [-0.15, -0.1) is 0 Å². The third kappa shape index (κ3) is 2.21. The number of fused-ring (bicyclic) bond motifs is 1. The lowest BCUT2D eigenvalue weighted by molar-refractivity contribution is 1.08. The van der Waals surface area contributed by atoms with Gasteiger partial charge in [0, 0.05) is 10.7 Å². The number of halogens is 4. The molecule has 0 radical (unpaired) electrons. The Kier molecular flexibility index (Phi) is 4.06. The molecule has 16 heavy (non-hydrogen) atoms. The van der Waals surface area contributed by atoms with E-state index in [0.717, 1.165) is 11.4 Å². The maximum absolute atomic E-state index is 6.07. The first-order chi connectivity index (χ1) is 7.67. The van der Waals surface area contributed by atoms with E-state index in [-0.39, 0.29) is 0 Å². The minimum atomic E-state index is 0.565. The van der Waals surface area contributed by atoms with Crippen molar-refractivity contribution in [1.82, 2.24) is 9.97 Å². The lowest BCUT2D eigenvalue weighted by Crippen LogP contribution is -1.99. The van der Waals surface area contributed by atoms with Crippen molar-refractivity contribution in [3.8, 4) is 0 Å². The summed E-state index contributed by atoms with van der Waals surface area (Å²) in [5.41, 5.74) is 3.03. The van der Waals surface area contributed by atoms with Gasteiger partial charge in [-0.1, -0.05) is 55.1 Å². The molecule has 0 aliphatic rings. The van der Waals surface area contributed by atoms with E-state index in [1.165, 1.54) is 0 Å². The van der Waals surface area contributed by atoms with Crippen LogP contribution in [0.3, 0.4) is 0 Å². The molecular formula is C10H6Br2Cl2N2. The van der Waals surface area contributed by atoms with Gasteiger partial charge in [0.15, 0.2) is 0 Å². The highest BCUT2D eigenvalue weighted by Crippen LogP contribution is 2.28. The van der Waals surface area contributed by atoms with E-state index >= 15 is 0 Å². The number of alkyl halides is 2. The molecule has 2 rings (SSSR count). The molecule has 0 bridgehead atoms. The molecule has 0 aliphatic heterocycles. The summed E-state index contributed by atoms with van der Waals surface area (Å²) in [6.45, 7) is 0. The van der Waals surface area contributed by atoms with Crippen LogP contribution in [-0.4, -0.2) is 9.97 Å². The lowest BCUT2D eigenvalue weighted by atomic mass is 10.2. The second-order valence-electron chi connectivity index (χ2n) is 3.11. The maximum Gasteiger partial charge on any atom is 0.109 e. The zero-order valence-electron chi connectivity index (χ0n) is 7.98. The van der Waals surface area contributed by atoms with Crippen molar-refractivity contribution in [2.24, 2.45) is 0 Å². The van der Waals surface area contributed by atoms with Gasteiger partial charge in [0.1, 0.15) is 11.0 Å². The van der Waals surface area contributed by atoms with Gasteiger partial charge in [-0.2, -0.15) is 0 Å². The first-order valence-corrected chi connectivity index (χ1v) is 7.42. The highest BCUT2D eigenvalue weighted by molar-refractivity contribution is 9.09. The summed E-state index contributed by atoms with van der Waals surface area (Å²) in [4.78, 5) is 8.94. The van der Waals surface area contributed by atoms with Crippen molar-refractivity contribution in [2.45, 2.75) is 10.7 Å². The fraction of sp³-hybridized carbons (Fsp3) is 0.200. The third-order valence-electron chi connectivity index (χ3n) is 2.13. The van der Waals surface area contributed by atoms with Crippen LogP contribution in [-0.2, 0) is 10.7 Å². The molecule has 1 aromatic carbocycles. The molecule has 2 aromatic rings. The Morgan fingerprint density at radius 1 is 0.875 bits per heavy atom. The Morgan fingerprint density at radius 2 is 1.25 bits per heavy atom. The summed E-state index contributed by atoms with van der Waals surface area (Å²) < 4.78 is 0. The van der Waals surface area contributed by atoms with Crippen LogP contribution in [0.25, 0.3) is 11.0 Å². The van der Waals surface area contributed by atoms with E-state index in [1.54, 1.807) is 12.1 Å². The Labute approximate surface area is 120 Å². The molecule has 1 aromatic heterocycles. The fourth-order valence-corrected chi connectivity index (χ4v) is 2.64. The molecule has 6 heteroatoms. The van der Waals surface area contributed by atoms with E-state index in [4.69, 9.17) is 23.2 Å². The van der Waals surface area contributed by atoms with E-state index in [9.17, 15) is 0 Å². The van der Waals surface area contributed by atoms with Gasteiger partial charge in [0.2, 0.25) is 0 Å². The third-order valence-corrected chi connectivity index (χ3v) is 3.80. The van der Waals surface area contributed by atoms with Gasteiger partial charge in [-0.3, -0.25) is 0 Å². The van der Waals surface area contributed by atoms with Gasteiger partial charge in [-0.25, -0.2) is 9.97 Å². The molecule has 0 unspecified atom stereocenters. The molecule has 0 spiro atoms. The molecule has 0 atom stereocenters. The van der Waals surface area contributed by atoms with Crippen molar-refractivity contribution < 1.29 is 0 Å². The molecule has 0 fully saturated rings. The van der Waals surface area contributed by atoms with Crippen molar-refractivity contribution in [3.05, 3.63) is 33.6 Å². The van der Waals surface area contributed by atoms with Gasteiger partial charge in [-0.05, 0) is 12.1 Å². The minimum absolute atomic E-state index is 0.565. The predicted molar refractivity (Wildman–Crippen MR) is 74.8 cm³/mol. The smallest absolute Gasteiger partial charge is 0.109 e. The molecule has 1 heterocycles. The Morgan fingerprint density at radius 3 is 1.56 bits per heavy atom. The number of aromatic nitrogens is 2. The van der Waals surface area contributed by atoms with Gasteiger partial charge < -0.3 is 0 Å². The average Bonchev–Trinajstić information content (AvgIpc) is 2.32. The fourth-order valence-electron chi connectivity index (χ4n) is 1.36. The molecule has 0 saturated heterocycles. The second kappa shape index (κ2) is 5.17. The summed E-state index contributed by atoms with van der Waals surface area (Å²) in [5.74, 6) is 0. The summed E-state index contributed by atoms with van der Waals surface area (Å²) in [6.07, 6.45) is 0. The molecule has 0 N–H and O–H groups in total. The van der Waals surface area contributed by atoms with Crippen LogP contribution in [0, 0.1) is 0 Å². The van der Waals surface area contributed by atoms with Crippen LogP contribution in [0.5, 0.6) is 0 Å². The van der Waals surface area contributed by atoms with Crippen LogP contribution in [0.2, 0.25) is 10.0 Å². The predicted octanol–water partition coefficient (Wildman–Crippen LogP) is 4.73. The SMILES string of the molecule is Clc1ccc(Cl)c2nc(CBr)c(CBr)nc12. The molecule has 0 amide bonds. The summed E-state index contributed by atoms with van der Waals surface area (Å²) in [7, 11) is 0. The number of benzene rings is 1.